The Bertz CT molecular complexity index is 212. The van der Waals surface area contributed by atoms with Gasteiger partial charge in [-0.3, -0.25) is 14.9 Å². The normalized spacial score (nSPS) is 16.9. The molecule has 1 rings (SSSR count). The maximum Gasteiger partial charge on any atom is 0.317 e. The Labute approximate surface area is 82.9 Å². The van der Waals surface area contributed by atoms with Gasteiger partial charge in [0.05, 0.1) is 13.1 Å². The highest BCUT2D eigenvalue weighted by molar-refractivity contribution is 5.79. The summed E-state index contributed by atoms with van der Waals surface area (Å²) in [6.45, 7) is -0.0825. The Hall–Kier alpha value is -1.10. The van der Waals surface area contributed by atoms with Crippen molar-refractivity contribution in [3.63, 3.8) is 0 Å². The standard InChI is InChI=1S/C9H16N2O3/c12-8(5-10-6-9(13)14)11-7-3-1-2-4-7/h7,10H,1-6H2,(H,11,12)(H,13,14). The van der Waals surface area contributed by atoms with Crippen molar-refractivity contribution in [2.45, 2.75) is 31.7 Å². The molecule has 1 aliphatic rings. The van der Waals surface area contributed by atoms with Gasteiger partial charge in [0, 0.05) is 6.04 Å². The van der Waals surface area contributed by atoms with Crippen molar-refractivity contribution in [1.82, 2.24) is 10.6 Å². The minimum Gasteiger partial charge on any atom is -0.480 e. The van der Waals surface area contributed by atoms with Gasteiger partial charge in [0.15, 0.2) is 0 Å². The van der Waals surface area contributed by atoms with E-state index in [0.29, 0.717) is 6.04 Å². The van der Waals surface area contributed by atoms with Crippen LogP contribution in [0.3, 0.4) is 0 Å². The Morgan fingerprint density at radius 2 is 1.86 bits per heavy atom. The van der Waals surface area contributed by atoms with Gasteiger partial charge in [-0.15, -0.1) is 0 Å². The predicted octanol–water partition coefficient (Wildman–Crippen LogP) is -0.281. The van der Waals surface area contributed by atoms with Crippen molar-refractivity contribution < 1.29 is 14.7 Å². The molecular formula is C9H16N2O3. The molecule has 14 heavy (non-hydrogen) atoms. The van der Waals surface area contributed by atoms with Gasteiger partial charge in [-0.05, 0) is 12.8 Å². The Kier molecular flexibility index (Phi) is 4.39. The van der Waals surface area contributed by atoms with Crippen molar-refractivity contribution in [2.24, 2.45) is 0 Å². The average Bonchev–Trinajstić information content (AvgIpc) is 2.56. The molecule has 0 aromatic carbocycles. The monoisotopic (exact) mass is 200 g/mol. The largest absolute Gasteiger partial charge is 0.480 e. The van der Waals surface area contributed by atoms with E-state index in [4.69, 9.17) is 5.11 Å². The molecule has 1 aliphatic carbocycles. The lowest BCUT2D eigenvalue weighted by Gasteiger charge is -2.11. The molecule has 0 atom stereocenters. The third-order valence-corrected chi connectivity index (χ3v) is 2.28. The van der Waals surface area contributed by atoms with Crippen LogP contribution in [0.25, 0.3) is 0 Å². The van der Waals surface area contributed by atoms with Gasteiger partial charge < -0.3 is 10.4 Å². The molecule has 0 radical (unpaired) electrons. The van der Waals surface area contributed by atoms with E-state index in [2.05, 4.69) is 10.6 Å². The molecule has 80 valence electrons. The first-order valence-corrected chi connectivity index (χ1v) is 4.90. The zero-order chi connectivity index (χ0) is 10.4. The van der Waals surface area contributed by atoms with Crippen molar-refractivity contribution >= 4 is 11.9 Å². The third kappa shape index (κ3) is 4.23. The Morgan fingerprint density at radius 1 is 1.21 bits per heavy atom. The molecule has 0 aromatic rings. The number of hydrogen-bond donors (Lipinski definition) is 3. The molecule has 5 nitrogen and oxygen atoms in total. The number of carboxylic acid groups (broad SMARTS) is 1. The summed E-state index contributed by atoms with van der Waals surface area (Å²) in [7, 11) is 0. The van der Waals surface area contributed by atoms with E-state index in [-0.39, 0.29) is 19.0 Å². The summed E-state index contributed by atoms with van der Waals surface area (Å²) in [5, 5.41) is 13.7. The summed E-state index contributed by atoms with van der Waals surface area (Å²) in [6, 6.07) is 0.300. The molecule has 5 heteroatoms. The molecule has 0 bridgehead atoms. The minimum atomic E-state index is -0.946. The van der Waals surface area contributed by atoms with Gasteiger partial charge in [0.25, 0.3) is 0 Å². The number of rotatable bonds is 5. The number of amides is 1. The molecule has 0 saturated heterocycles. The van der Waals surface area contributed by atoms with Gasteiger partial charge in [-0.1, -0.05) is 12.8 Å². The average molecular weight is 200 g/mol. The van der Waals surface area contributed by atoms with Crippen LogP contribution in [0.15, 0.2) is 0 Å². The van der Waals surface area contributed by atoms with Gasteiger partial charge >= 0.3 is 5.97 Å². The van der Waals surface area contributed by atoms with Crippen molar-refractivity contribution in [2.75, 3.05) is 13.1 Å². The first-order chi connectivity index (χ1) is 6.68. The second-order valence-electron chi connectivity index (χ2n) is 3.55. The third-order valence-electron chi connectivity index (χ3n) is 2.28. The highest BCUT2D eigenvalue weighted by Crippen LogP contribution is 2.17. The highest BCUT2D eigenvalue weighted by atomic mass is 16.4. The lowest BCUT2D eigenvalue weighted by atomic mass is 10.2. The van der Waals surface area contributed by atoms with Gasteiger partial charge in [0.2, 0.25) is 5.91 Å². The smallest absolute Gasteiger partial charge is 0.317 e. The van der Waals surface area contributed by atoms with Crippen LogP contribution in [0, 0.1) is 0 Å². The molecule has 0 aliphatic heterocycles. The van der Waals surface area contributed by atoms with Crippen LogP contribution in [0.2, 0.25) is 0 Å². The SMILES string of the molecule is O=C(O)CNCC(=O)NC1CCCC1. The first kappa shape index (κ1) is 11.0. The van der Waals surface area contributed by atoms with E-state index in [1.807, 2.05) is 0 Å². The second-order valence-corrected chi connectivity index (χ2v) is 3.55. The van der Waals surface area contributed by atoms with E-state index in [1.54, 1.807) is 0 Å². The fraction of sp³-hybridized carbons (Fsp3) is 0.778. The summed E-state index contributed by atoms with van der Waals surface area (Å²) >= 11 is 0. The molecule has 0 unspecified atom stereocenters. The topological polar surface area (TPSA) is 78.4 Å². The van der Waals surface area contributed by atoms with E-state index in [1.165, 1.54) is 12.8 Å². The summed E-state index contributed by atoms with van der Waals surface area (Å²) in [6.07, 6.45) is 4.44. The molecule has 0 heterocycles. The number of carboxylic acids is 1. The van der Waals surface area contributed by atoms with Gasteiger partial charge in [0.1, 0.15) is 0 Å². The maximum atomic E-state index is 11.2. The summed E-state index contributed by atoms with van der Waals surface area (Å²) in [5.41, 5.74) is 0. The number of nitrogens with one attached hydrogen (secondary N) is 2. The van der Waals surface area contributed by atoms with Crippen LogP contribution in [0.5, 0.6) is 0 Å². The fourth-order valence-corrected chi connectivity index (χ4v) is 1.63. The van der Waals surface area contributed by atoms with Crippen molar-refractivity contribution in [3.05, 3.63) is 0 Å². The zero-order valence-corrected chi connectivity index (χ0v) is 8.08. The Morgan fingerprint density at radius 3 is 2.43 bits per heavy atom. The van der Waals surface area contributed by atoms with Crippen LogP contribution in [-0.4, -0.2) is 36.1 Å². The molecule has 3 N–H and O–H groups in total. The van der Waals surface area contributed by atoms with Crippen molar-refractivity contribution in [1.29, 1.82) is 0 Å². The summed E-state index contributed by atoms with van der Waals surface area (Å²) in [4.78, 5) is 21.3. The van der Waals surface area contributed by atoms with E-state index < -0.39 is 5.97 Å². The van der Waals surface area contributed by atoms with Crippen LogP contribution in [0.1, 0.15) is 25.7 Å². The Balaban J connectivity index is 2.06. The predicted molar refractivity (Wildman–Crippen MR) is 50.9 cm³/mol. The highest BCUT2D eigenvalue weighted by Gasteiger charge is 2.16. The van der Waals surface area contributed by atoms with Gasteiger partial charge in [-0.2, -0.15) is 0 Å². The lowest BCUT2D eigenvalue weighted by Crippen LogP contribution is -2.40. The van der Waals surface area contributed by atoms with Gasteiger partial charge in [-0.25, -0.2) is 0 Å². The van der Waals surface area contributed by atoms with E-state index in [9.17, 15) is 9.59 Å². The first-order valence-electron chi connectivity index (χ1n) is 4.90. The van der Waals surface area contributed by atoms with E-state index in [0.717, 1.165) is 12.8 Å². The summed E-state index contributed by atoms with van der Waals surface area (Å²) < 4.78 is 0. The number of hydrogen-bond acceptors (Lipinski definition) is 3. The maximum absolute atomic E-state index is 11.2. The molecule has 1 saturated carbocycles. The van der Waals surface area contributed by atoms with Crippen LogP contribution < -0.4 is 10.6 Å². The quantitative estimate of drug-likeness (QED) is 0.570. The fourth-order valence-electron chi connectivity index (χ4n) is 1.63. The minimum absolute atomic E-state index is 0.0861. The van der Waals surface area contributed by atoms with Crippen LogP contribution >= 0.6 is 0 Å². The van der Waals surface area contributed by atoms with Crippen LogP contribution in [0.4, 0.5) is 0 Å². The zero-order valence-electron chi connectivity index (χ0n) is 8.08. The number of aliphatic carboxylic acids is 1. The van der Waals surface area contributed by atoms with Crippen LogP contribution in [-0.2, 0) is 9.59 Å². The summed E-state index contributed by atoms with van der Waals surface area (Å²) in [5.74, 6) is -1.06. The molecular weight excluding hydrogens is 184 g/mol. The molecule has 0 aromatic heterocycles. The van der Waals surface area contributed by atoms with Crippen molar-refractivity contribution in [3.8, 4) is 0 Å². The second kappa shape index (κ2) is 5.59. The molecule has 1 fully saturated rings. The number of carbonyl (C=O) groups is 2. The molecule has 0 spiro atoms. The van der Waals surface area contributed by atoms with E-state index >= 15 is 0 Å². The lowest BCUT2D eigenvalue weighted by molar-refractivity contribution is -0.136. The number of carbonyl (C=O) groups excluding carboxylic acids is 1. The molecule has 1 amide bonds.